The van der Waals surface area contributed by atoms with Crippen molar-refractivity contribution >= 4 is 15.9 Å². The van der Waals surface area contributed by atoms with Crippen molar-refractivity contribution in [3.05, 3.63) is 22.2 Å². The molecule has 0 aromatic heterocycles. The molecule has 2 N–H and O–H groups in total. The summed E-state index contributed by atoms with van der Waals surface area (Å²) in [6.45, 7) is 10.2. The van der Waals surface area contributed by atoms with Gasteiger partial charge in [-0.2, -0.15) is 0 Å². The van der Waals surface area contributed by atoms with Crippen molar-refractivity contribution in [2.75, 3.05) is 26.8 Å². The Balaban J connectivity index is 2.13. The van der Waals surface area contributed by atoms with E-state index in [0.29, 0.717) is 6.61 Å². The van der Waals surface area contributed by atoms with E-state index >= 15 is 0 Å². The lowest BCUT2D eigenvalue weighted by atomic mass is 9.79. The summed E-state index contributed by atoms with van der Waals surface area (Å²) >= 11 is 3.62. The molecule has 1 atom stereocenters. The third kappa shape index (κ3) is 4.61. The zero-order valence-electron chi connectivity index (χ0n) is 14.7. The number of piperidine rings is 1. The lowest BCUT2D eigenvalue weighted by Crippen LogP contribution is -2.52. The molecule has 1 aromatic carbocycles. The molecular formula is C18H29BrN2O2. The van der Waals surface area contributed by atoms with Gasteiger partial charge in [0.25, 0.3) is 0 Å². The van der Waals surface area contributed by atoms with Crippen LogP contribution in [0.4, 0.5) is 0 Å². The third-order valence-electron chi connectivity index (χ3n) is 4.54. The highest BCUT2D eigenvalue weighted by Crippen LogP contribution is 2.37. The maximum Gasteiger partial charge on any atom is 0.175 e. The van der Waals surface area contributed by atoms with Gasteiger partial charge >= 0.3 is 0 Å². The third-order valence-corrected chi connectivity index (χ3v) is 5.13. The van der Waals surface area contributed by atoms with E-state index in [2.05, 4.69) is 53.7 Å². The van der Waals surface area contributed by atoms with Crippen LogP contribution in [0.1, 0.15) is 39.2 Å². The summed E-state index contributed by atoms with van der Waals surface area (Å²) in [5, 5.41) is 0. The van der Waals surface area contributed by atoms with Crippen LogP contribution in [-0.2, 0) is 6.54 Å². The molecule has 1 aliphatic heterocycles. The zero-order chi connectivity index (χ0) is 17.0. The Bertz CT molecular complexity index is 534. The Labute approximate surface area is 148 Å². The van der Waals surface area contributed by atoms with Crippen molar-refractivity contribution in [3.63, 3.8) is 0 Å². The molecule has 0 amide bonds. The minimum atomic E-state index is 0.156. The summed E-state index contributed by atoms with van der Waals surface area (Å²) in [4.78, 5) is 2.47. The zero-order valence-corrected chi connectivity index (χ0v) is 16.3. The van der Waals surface area contributed by atoms with Crippen LogP contribution < -0.4 is 15.2 Å². The number of likely N-dealkylation sites (tertiary alicyclic amines) is 1. The molecule has 0 radical (unpaired) electrons. The molecule has 1 heterocycles. The van der Waals surface area contributed by atoms with Crippen LogP contribution in [0, 0.1) is 5.41 Å². The van der Waals surface area contributed by atoms with Crippen LogP contribution in [0.3, 0.4) is 0 Å². The first kappa shape index (κ1) is 18.6. The topological polar surface area (TPSA) is 47.7 Å². The van der Waals surface area contributed by atoms with Crippen molar-refractivity contribution in [2.45, 2.75) is 46.2 Å². The molecule has 130 valence electrons. The van der Waals surface area contributed by atoms with Gasteiger partial charge in [-0.1, -0.05) is 20.8 Å². The highest BCUT2D eigenvalue weighted by molar-refractivity contribution is 9.10. The summed E-state index contributed by atoms with van der Waals surface area (Å²) in [6.07, 6.45) is 2.02. The van der Waals surface area contributed by atoms with Gasteiger partial charge < -0.3 is 15.2 Å². The molecule has 0 spiro atoms. The summed E-state index contributed by atoms with van der Waals surface area (Å²) in [7, 11) is 1.69. The maximum absolute atomic E-state index is 6.23. The van der Waals surface area contributed by atoms with Crippen molar-refractivity contribution in [1.82, 2.24) is 4.90 Å². The summed E-state index contributed by atoms with van der Waals surface area (Å²) in [6, 6.07) is 4.50. The Morgan fingerprint density at radius 2 is 2.13 bits per heavy atom. The molecule has 2 rings (SSSR count). The normalized spacial score (nSPS) is 21.2. The first-order chi connectivity index (χ1) is 10.9. The van der Waals surface area contributed by atoms with Crippen molar-refractivity contribution in [1.29, 1.82) is 0 Å². The fraction of sp³-hybridized carbons (Fsp3) is 0.667. The van der Waals surface area contributed by atoms with Crippen LogP contribution in [-0.4, -0.2) is 37.7 Å². The predicted molar refractivity (Wildman–Crippen MR) is 98.1 cm³/mol. The quantitative estimate of drug-likeness (QED) is 0.809. The largest absolute Gasteiger partial charge is 0.493 e. The van der Waals surface area contributed by atoms with Crippen LogP contribution in [0.2, 0.25) is 0 Å². The Hall–Kier alpha value is -0.780. The molecule has 1 fully saturated rings. The Kier molecular flexibility index (Phi) is 6.34. The van der Waals surface area contributed by atoms with Crippen LogP contribution in [0.5, 0.6) is 11.5 Å². The van der Waals surface area contributed by atoms with E-state index in [1.54, 1.807) is 7.11 Å². The molecule has 4 nitrogen and oxygen atoms in total. The molecule has 1 saturated heterocycles. The van der Waals surface area contributed by atoms with E-state index in [1.807, 2.05) is 0 Å². The number of rotatable bonds is 6. The van der Waals surface area contributed by atoms with E-state index < -0.39 is 0 Å². The molecule has 23 heavy (non-hydrogen) atoms. The first-order valence-corrected chi connectivity index (χ1v) is 9.14. The summed E-state index contributed by atoms with van der Waals surface area (Å²) in [5.74, 6) is 1.58. The molecule has 0 bridgehead atoms. The number of halogens is 1. The first-order valence-electron chi connectivity index (χ1n) is 8.34. The SMILES string of the molecule is CCCOc1c(Br)cc(CN2CCC(N)C(C)(C)C2)cc1OC. The van der Waals surface area contributed by atoms with E-state index in [-0.39, 0.29) is 11.5 Å². The average molecular weight is 385 g/mol. The molecule has 0 aliphatic carbocycles. The standard InChI is InChI=1S/C18H29BrN2O2/c1-5-8-23-17-14(19)9-13(10-15(17)22-4)11-21-7-6-16(20)18(2,3)12-21/h9-10,16H,5-8,11-12,20H2,1-4H3. The number of benzene rings is 1. The number of nitrogens with two attached hydrogens (primary N) is 1. The summed E-state index contributed by atoms with van der Waals surface area (Å²) in [5.41, 5.74) is 7.62. The molecular weight excluding hydrogens is 356 g/mol. The van der Waals surface area contributed by atoms with Crippen LogP contribution in [0.25, 0.3) is 0 Å². The van der Waals surface area contributed by atoms with E-state index in [1.165, 1.54) is 5.56 Å². The summed E-state index contributed by atoms with van der Waals surface area (Å²) < 4.78 is 12.3. The molecule has 0 saturated carbocycles. The van der Waals surface area contributed by atoms with E-state index in [4.69, 9.17) is 15.2 Å². The second-order valence-electron chi connectivity index (χ2n) is 7.05. The molecule has 5 heteroatoms. The minimum Gasteiger partial charge on any atom is -0.493 e. The number of nitrogens with zero attached hydrogens (tertiary/aromatic N) is 1. The van der Waals surface area contributed by atoms with Crippen LogP contribution in [0.15, 0.2) is 16.6 Å². The number of hydrogen-bond acceptors (Lipinski definition) is 4. The van der Waals surface area contributed by atoms with Gasteiger partial charge in [-0.15, -0.1) is 0 Å². The molecule has 1 unspecified atom stereocenters. The van der Waals surface area contributed by atoms with Crippen molar-refractivity contribution in [3.8, 4) is 11.5 Å². The van der Waals surface area contributed by atoms with Gasteiger partial charge in [0.05, 0.1) is 18.2 Å². The molecule has 1 aromatic rings. The minimum absolute atomic E-state index is 0.156. The fourth-order valence-electron chi connectivity index (χ4n) is 3.09. The van der Waals surface area contributed by atoms with Gasteiger partial charge in [-0.3, -0.25) is 4.90 Å². The fourth-order valence-corrected chi connectivity index (χ4v) is 3.69. The van der Waals surface area contributed by atoms with Gasteiger partial charge in [0.2, 0.25) is 0 Å². The Morgan fingerprint density at radius 1 is 1.39 bits per heavy atom. The van der Waals surface area contributed by atoms with Gasteiger partial charge in [0.15, 0.2) is 11.5 Å². The van der Waals surface area contributed by atoms with Crippen molar-refractivity contribution < 1.29 is 9.47 Å². The van der Waals surface area contributed by atoms with E-state index in [0.717, 1.165) is 48.4 Å². The number of hydrogen-bond donors (Lipinski definition) is 1. The van der Waals surface area contributed by atoms with Gasteiger partial charge in [-0.25, -0.2) is 0 Å². The van der Waals surface area contributed by atoms with E-state index in [9.17, 15) is 0 Å². The van der Waals surface area contributed by atoms with Gasteiger partial charge in [-0.05, 0) is 51.9 Å². The second kappa shape index (κ2) is 7.86. The van der Waals surface area contributed by atoms with Gasteiger partial charge in [0, 0.05) is 25.7 Å². The second-order valence-corrected chi connectivity index (χ2v) is 7.91. The number of methoxy groups -OCH3 is 1. The van der Waals surface area contributed by atoms with Crippen molar-refractivity contribution in [2.24, 2.45) is 11.1 Å². The van der Waals surface area contributed by atoms with Crippen LogP contribution >= 0.6 is 15.9 Å². The lowest BCUT2D eigenvalue weighted by molar-refractivity contribution is 0.0898. The highest BCUT2D eigenvalue weighted by Gasteiger charge is 2.33. The lowest BCUT2D eigenvalue weighted by Gasteiger charge is -2.42. The predicted octanol–water partition coefficient (Wildman–Crippen LogP) is 3.81. The smallest absolute Gasteiger partial charge is 0.175 e. The van der Waals surface area contributed by atoms with Gasteiger partial charge in [0.1, 0.15) is 0 Å². The maximum atomic E-state index is 6.23. The monoisotopic (exact) mass is 384 g/mol. The molecule has 1 aliphatic rings. The Morgan fingerprint density at radius 3 is 2.74 bits per heavy atom. The number of ether oxygens (including phenoxy) is 2. The average Bonchev–Trinajstić information content (AvgIpc) is 2.49. The highest BCUT2D eigenvalue weighted by atomic mass is 79.9.